The first-order valence-electron chi connectivity index (χ1n) is 11.7. The number of halogens is 1. The number of nitrogens with one attached hydrogen (secondary N) is 1. The third-order valence-electron chi connectivity index (χ3n) is 5.69. The van der Waals surface area contributed by atoms with E-state index < -0.39 is 16.1 Å². The van der Waals surface area contributed by atoms with Gasteiger partial charge >= 0.3 is 0 Å². The Morgan fingerprint density at radius 3 is 2.44 bits per heavy atom. The molecule has 2 aromatic rings. The molecule has 0 saturated heterocycles. The van der Waals surface area contributed by atoms with Crippen molar-refractivity contribution in [1.29, 1.82) is 0 Å². The zero-order chi connectivity index (χ0) is 26.5. The van der Waals surface area contributed by atoms with Crippen LogP contribution < -0.4 is 19.1 Å². The van der Waals surface area contributed by atoms with Gasteiger partial charge in [-0.1, -0.05) is 29.8 Å². The summed E-state index contributed by atoms with van der Waals surface area (Å²) in [6.45, 7) is 5.68. The first-order chi connectivity index (χ1) is 17.0. The maximum absolute atomic E-state index is 13.3. The van der Waals surface area contributed by atoms with E-state index in [9.17, 15) is 18.0 Å². The lowest BCUT2D eigenvalue weighted by Gasteiger charge is -2.30. The fraction of sp³-hybridized carbons (Fsp3) is 0.440. The third-order valence-corrected chi connectivity index (χ3v) is 7.26. The van der Waals surface area contributed by atoms with Gasteiger partial charge in [0.15, 0.2) is 11.5 Å². The van der Waals surface area contributed by atoms with Crippen LogP contribution >= 0.6 is 11.6 Å². The van der Waals surface area contributed by atoms with Crippen LogP contribution in [0.2, 0.25) is 5.02 Å². The van der Waals surface area contributed by atoms with E-state index in [0.717, 1.165) is 11.8 Å². The fourth-order valence-electron chi connectivity index (χ4n) is 3.84. The van der Waals surface area contributed by atoms with Gasteiger partial charge in [-0.25, -0.2) is 8.42 Å². The SMILES string of the molecule is CC(C)NC(=O)[C@H](C)N(Cc1ccccc1Cl)C(=O)CCCN(c1ccc2c(c1)OCO2)S(C)(=O)=O. The van der Waals surface area contributed by atoms with Crippen LogP contribution in [0.25, 0.3) is 0 Å². The molecule has 0 aromatic heterocycles. The van der Waals surface area contributed by atoms with Crippen molar-refractivity contribution in [3.8, 4) is 11.5 Å². The minimum atomic E-state index is -3.62. The molecule has 2 amide bonds. The largest absolute Gasteiger partial charge is 0.454 e. The van der Waals surface area contributed by atoms with Crippen molar-refractivity contribution in [2.45, 2.75) is 52.2 Å². The highest BCUT2D eigenvalue weighted by molar-refractivity contribution is 7.92. The van der Waals surface area contributed by atoms with Crippen LogP contribution in [-0.2, 0) is 26.2 Å². The lowest BCUT2D eigenvalue weighted by molar-refractivity contribution is -0.140. The van der Waals surface area contributed by atoms with Crippen LogP contribution in [-0.4, -0.2) is 56.8 Å². The average Bonchev–Trinajstić information content (AvgIpc) is 3.27. The molecule has 0 saturated carbocycles. The number of nitrogens with zero attached hydrogens (tertiary/aromatic N) is 2. The van der Waals surface area contributed by atoms with Gasteiger partial charge in [0.25, 0.3) is 0 Å². The van der Waals surface area contributed by atoms with Crippen molar-refractivity contribution in [3.05, 3.63) is 53.1 Å². The number of sulfonamides is 1. The highest BCUT2D eigenvalue weighted by Gasteiger charge is 2.28. The zero-order valence-corrected chi connectivity index (χ0v) is 22.4. The van der Waals surface area contributed by atoms with Crippen molar-refractivity contribution < 1.29 is 27.5 Å². The summed E-state index contributed by atoms with van der Waals surface area (Å²) >= 11 is 6.31. The number of amides is 2. The Kier molecular flexibility index (Phi) is 9.08. The molecule has 0 bridgehead atoms. The van der Waals surface area contributed by atoms with E-state index in [1.807, 2.05) is 19.9 Å². The zero-order valence-electron chi connectivity index (χ0n) is 20.9. The van der Waals surface area contributed by atoms with Gasteiger partial charge in [-0.15, -0.1) is 0 Å². The van der Waals surface area contributed by atoms with Crippen LogP contribution in [0.4, 0.5) is 5.69 Å². The van der Waals surface area contributed by atoms with E-state index in [-0.39, 0.29) is 50.6 Å². The standard InChI is InChI=1S/C25H32ClN3O6S/c1-17(2)27-25(31)18(3)28(15-19-8-5-6-9-21(19)26)24(30)10-7-13-29(36(4,32)33)20-11-12-22-23(14-20)35-16-34-22/h5-6,8-9,11-12,14,17-18H,7,10,13,15-16H2,1-4H3,(H,27,31)/t18-/m0/s1. The highest BCUT2D eigenvalue weighted by Crippen LogP contribution is 2.36. The smallest absolute Gasteiger partial charge is 0.242 e. The molecule has 0 fully saturated rings. The van der Waals surface area contributed by atoms with Gasteiger partial charge in [0.2, 0.25) is 28.6 Å². The monoisotopic (exact) mass is 537 g/mol. The van der Waals surface area contributed by atoms with Crippen LogP contribution in [0.3, 0.4) is 0 Å². The summed E-state index contributed by atoms with van der Waals surface area (Å²) in [7, 11) is -3.62. The Morgan fingerprint density at radius 1 is 1.08 bits per heavy atom. The topological polar surface area (TPSA) is 105 Å². The van der Waals surface area contributed by atoms with E-state index in [1.54, 1.807) is 43.3 Å². The molecule has 3 rings (SSSR count). The van der Waals surface area contributed by atoms with E-state index in [0.29, 0.717) is 22.2 Å². The Balaban J connectivity index is 1.74. The van der Waals surface area contributed by atoms with Crippen molar-refractivity contribution in [3.63, 3.8) is 0 Å². The molecule has 2 aromatic carbocycles. The lowest BCUT2D eigenvalue weighted by Crippen LogP contribution is -2.49. The number of rotatable bonds is 11. The van der Waals surface area contributed by atoms with Gasteiger partial charge in [-0.2, -0.15) is 0 Å². The number of benzene rings is 2. The van der Waals surface area contributed by atoms with Crippen LogP contribution in [0, 0.1) is 0 Å². The third kappa shape index (κ3) is 7.04. The summed E-state index contributed by atoms with van der Waals surface area (Å²) in [5.74, 6) is 0.461. The van der Waals surface area contributed by atoms with Crippen LogP contribution in [0.5, 0.6) is 11.5 Å². The number of hydrogen-bond donors (Lipinski definition) is 1. The molecular formula is C25H32ClN3O6S. The molecule has 0 unspecified atom stereocenters. The van der Waals surface area contributed by atoms with Gasteiger partial charge in [0.05, 0.1) is 11.9 Å². The molecule has 1 aliphatic rings. The van der Waals surface area contributed by atoms with E-state index in [4.69, 9.17) is 21.1 Å². The molecule has 1 aliphatic heterocycles. The Labute approximate surface area is 217 Å². The minimum Gasteiger partial charge on any atom is -0.454 e. The predicted octanol–water partition coefficient (Wildman–Crippen LogP) is 3.56. The molecular weight excluding hydrogens is 506 g/mol. The second kappa shape index (κ2) is 11.8. The maximum Gasteiger partial charge on any atom is 0.242 e. The summed E-state index contributed by atoms with van der Waals surface area (Å²) in [5.41, 5.74) is 1.14. The number of anilines is 1. The summed E-state index contributed by atoms with van der Waals surface area (Å²) in [5, 5.41) is 3.34. The Bertz CT molecular complexity index is 1200. The molecule has 36 heavy (non-hydrogen) atoms. The van der Waals surface area contributed by atoms with E-state index >= 15 is 0 Å². The van der Waals surface area contributed by atoms with Gasteiger partial charge in [0, 0.05) is 36.6 Å². The molecule has 0 aliphatic carbocycles. The Hall–Kier alpha value is -2.98. The second-order valence-electron chi connectivity index (χ2n) is 8.93. The van der Waals surface area contributed by atoms with Crippen molar-refractivity contribution in [2.75, 3.05) is 23.9 Å². The summed E-state index contributed by atoms with van der Waals surface area (Å²) < 4.78 is 36.9. The summed E-state index contributed by atoms with van der Waals surface area (Å²) in [6, 6.07) is 11.2. The summed E-state index contributed by atoms with van der Waals surface area (Å²) in [4.78, 5) is 27.5. The molecule has 1 N–H and O–H groups in total. The maximum atomic E-state index is 13.3. The van der Waals surface area contributed by atoms with E-state index in [2.05, 4.69) is 5.32 Å². The fourth-order valence-corrected chi connectivity index (χ4v) is 4.99. The molecule has 1 heterocycles. The minimum absolute atomic E-state index is 0.0420. The number of fused-ring (bicyclic) bond motifs is 1. The predicted molar refractivity (Wildman–Crippen MR) is 139 cm³/mol. The molecule has 11 heteroatoms. The quantitative estimate of drug-likeness (QED) is 0.470. The molecule has 9 nitrogen and oxygen atoms in total. The van der Waals surface area contributed by atoms with Crippen molar-refractivity contribution >= 4 is 39.1 Å². The molecule has 1 atom stereocenters. The number of hydrogen-bond acceptors (Lipinski definition) is 6. The van der Waals surface area contributed by atoms with Crippen LogP contribution in [0.1, 0.15) is 39.2 Å². The first kappa shape index (κ1) is 27.6. The average molecular weight is 538 g/mol. The van der Waals surface area contributed by atoms with Gasteiger partial charge in [0.1, 0.15) is 6.04 Å². The van der Waals surface area contributed by atoms with Crippen molar-refractivity contribution in [1.82, 2.24) is 10.2 Å². The van der Waals surface area contributed by atoms with Crippen molar-refractivity contribution in [2.24, 2.45) is 0 Å². The summed E-state index contributed by atoms with van der Waals surface area (Å²) in [6.07, 6.45) is 1.40. The molecule has 0 spiro atoms. The molecule has 0 radical (unpaired) electrons. The highest BCUT2D eigenvalue weighted by atomic mass is 35.5. The number of carbonyl (C=O) groups is 2. The lowest BCUT2D eigenvalue weighted by atomic mass is 10.1. The van der Waals surface area contributed by atoms with Gasteiger partial charge < -0.3 is 19.7 Å². The van der Waals surface area contributed by atoms with Crippen LogP contribution in [0.15, 0.2) is 42.5 Å². The normalized spacial score (nSPS) is 13.4. The first-order valence-corrected chi connectivity index (χ1v) is 13.9. The second-order valence-corrected chi connectivity index (χ2v) is 11.2. The number of carbonyl (C=O) groups excluding carboxylic acids is 2. The Morgan fingerprint density at radius 2 is 1.78 bits per heavy atom. The van der Waals surface area contributed by atoms with Gasteiger partial charge in [-0.05, 0) is 51.0 Å². The van der Waals surface area contributed by atoms with E-state index in [1.165, 1.54) is 9.21 Å². The molecule has 196 valence electrons. The number of ether oxygens (including phenoxy) is 2. The van der Waals surface area contributed by atoms with Gasteiger partial charge in [-0.3, -0.25) is 13.9 Å².